The molecule has 3 N–H and O–H groups in total. The lowest BCUT2D eigenvalue weighted by molar-refractivity contribution is -0.137. The van der Waals surface area contributed by atoms with E-state index in [-0.39, 0.29) is 23.7 Å². The lowest BCUT2D eigenvalue weighted by Crippen LogP contribution is -2.52. The second-order valence-electron chi connectivity index (χ2n) is 6.95. The fraction of sp³-hybridized carbons (Fsp3) is 0.579. The Morgan fingerprint density at radius 3 is 2.60 bits per heavy atom. The molecule has 0 aromatic heterocycles. The molecule has 1 aromatic rings. The largest absolute Gasteiger partial charge is 0.381 e. The van der Waals surface area contributed by atoms with Crippen molar-refractivity contribution in [1.82, 2.24) is 4.90 Å². The number of anilines is 1. The number of likely N-dealkylation sites (tertiary alicyclic amines) is 1. The van der Waals surface area contributed by atoms with Gasteiger partial charge in [0.1, 0.15) is 0 Å². The predicted octanol–water partition coefficient (Wildman–Crippen LogP) is 1.62. The van der Waals surface area contributed by atoms with Crippen molar-refractivity contribution in [1.29, 1.82) is 0 Å². The molecule has 1 aromatic carbocycles. The summed E-state index contributed by atoms with van der Waals surface area (Å²) in [5.74, 6) is -0.0491. The number of nitrogens with two attached hydrogens (primary N) is 1. The number of amides is 2. The fourth-order valence-corrected chi connectivity index (χ4v) is 3.64. The number of hydrogen-bond acceptors (Lipinski definition) is 4. The molecule has 0 saturated carbocycles. The summed E-state index contributed by atoms with van der Waals surface area (Å²) >= 11 is 0. The maximum absolute atomic E-state index is 12.8. The fourth-order valence-electron chi connectivity index (χ4n) is 3.64. The molecule has 0 bridgehead atoms. The topological polar surface area (TPSA) is 84.7 Å². The maximum atomic E-state index is 12.8. The number of ether oxygens (including phenoxy) is 1. The van der Waals surface area contributed by atoms with Crippen LogP contribution in [0.1, 0.15) is 25.7 Å². The molecule has 2 saturated heterocycles. The summed E-state index contributed by atoms with van der Waals surface area (Å²) in [5, 5.41) is 2.94. The van der Waals surface area contributed by atoms with Gasteiger partial charge in [-0.15, -0.1) is 0 Å². The number of nitrogens with one attached hydrogen (secondary N) is 1. The first-order chi connectivity index (χ1) is 12.1. The van der Waals surface area contributed by atoms with E-state index in [0.717, 1.165) is 31.4 Å². The third-order valence-electron chi connectivity index (χ3n) is 5.20. The van der Waals surface area contributed by atoms with Crippen LogP contribution in [0.2, 0.25) is 0 Å². The first kappa shape index (κ1) is 17.9. The minimum absolute atomic E-state index is 0.0240. The summed E-state index contributed by atoms with van der Waals surface area (Å²) in [6, 6.07) is 8.93. The summed E-state index contributed by atoms with van der Waals surface area (Å²) in [4.78, 5) is 27.0. The van der Waals surface area contributed by atoms with Gasteiger partial charge >= 0.3 is 0 Å². The van der Waals surface area contributed by atoms with E-state index in [1.54, 1.807) is 4.90 Å². The standard InChI is InChI=1S/C19H27N3O3/c20-17(14-8-11-25-12-9-14)19(24)22-10-4-5-15(13-22)18(23)21-16-6-2-1-3-7-16/h1-3,6-7,14-15,17H,4-5,8-13,20H2,(H,21,23). The van der Waals surface area contributed by atoms with Gasteiger partial charge in [0.25, 0.3) is 0 Å². The molecule has 3 rings (SSSR count). The average Bonchev–Trinajstić information content (AvgIpc) is 2.68. The molecule has 2 amide bonds. The lowest BCUT2D eigenvalue weighted by Gasteiger charge is -2.36. The van der Waals surface area contributed by atoms with Crippen LogP contribution in [-0.2, 0) is 14.3 Å². The van der Waals surface area contributed by atoms with Crippen LogP contribution in [0, 0.1) is 11.8 Å². The Hall–Kier alpha value is -1.92. The Morgan fingerprint density at radius 1 is 1.16 bits per heavy atom. The molecular weight excluding hydrogens is 318 g/mol. The number of carbonyl (C=O) groups excluding carboxylic acids is 2. The summed E-state index contributed by atoms with van der Waals surface area (Å²) in [6.07, 6.45) is 3.30. The van der Waals surface area contributed by atoms with E-state index in [1.165, 1.54) is 0 Å². The third kappa shape index (κ3) is 4.58. The van der Waals surface area contributed by atoms with Gasteiger partial charge in [0, 0.05) is 32.0 Å². The van der Waals surface area contributed by atoms with Crippen molar-refractivity contribution < 1.29 is 14.3 Å². The minimum atomic E-state index is -0.486. The van der Waals surface area contributed by atoms with Crippen molar-refractivity contribution in [2.24, 2.45) is 17.6 Å². The van der Waals surface area contributed by atoms with Crippen LogP contribution in [0.3, 0.4) is 0 Å². The van der Waals surface area contributed by atoms with Gasteiger partial charge < -0.3 is 20.7 Å². The lowest BCUT2D eigenvalue weighted by atomic mass is 9.90. The molecule has 6 nitrogen and oxygen atoms in total. The predicted molar refractivity (Wildman–Crippen MR) is 95.9 cm³/mol. The smallest absolute Gasteiger partial charge is 0.239 e. The van der Waals surface area contributed by atoms with E-state index in [1.807, 2.05) is 30.3 Å². The second-order valence-corrected chi connectivity index (χ2v) is 6.95. The number of benzene rings is 1. The molecule has 2 atom stereocenters. The van der Waals surface area contributed by atoms with Crippen molar-refractivity contribution in [2.75, 3.05) is 31.6 Å². The number of para-hydroxylation sites is 1. The Bertz CT molecular complexity index is 587. The van der Waals surface area contributed by atoms with E-state index < -0.39 is 6.04 Å². The van der Waals surface area contributed by atoms with Gasteiger partial charge in [-0.3, -0.25) is 9.59 Å². The van der Waals surface area contributed by atoms with Crippen molar-refractivity contribution in [3.63, 3.8) is 0 Å². The summed E-state index contributed by atoms with van der Waals surface area (Å²) < 4.78 is 5.35. The van der Waals surface area contributed by atoms with Gasteiger partial charge in [-0.2, -0.15) is 0 Å². The van der Waals surface area contributed by atoms with Crippen LogP contribution in [0.5, 0.6) is 0 Å². The zero-order chi connectivity index (χ0) is 17.6. The van der Waals surface area contributed by atoms with E-state index >= 15 is 0 Å². The van der Waals surface area contributed by atoms with Gasteiger partial charge in [0.2, 0.25) is 11.8 Å². The summed E-state index contributed by atoms with van der Waals surface area (Å²) in [5.41, 5.74) is 7.01. The van der Waals surface area contributed by atoms with E-state index in [2.05, 4.69) is 5.32 Å². The maximum Gasteiger partial charge on any atom is 0.239 e. The van der Waals surface area contributed by atoms with Gasteiger partial charge in [-0.1, -0.05) is 18.2 Å². The van der Waals surface area contributed by atoms with Crippen LogP contribution >= 0.6 is 0 Å². The molecule has 0 radical (unpaired) electrons. The monoisotopic (exact) mass is 345 g/mol. The van der Waals surface area contributed by atoms with Crippen LogP contribution in [0.25, 0.3) is 0 Å². The van der Waals surface area contributed by atoms with Crippen LogP contribution < -0.4 is 11.1 Å². The normalized spacial score (nSPS) is 23.1. The second kappa shape index (κ2) is 8.45. The highest BCUT2D eigenvalue weighted by Gasteiger charge is 2.34. The van der Waals surface area contributed by atoms with Crippen molar-refractivity contribution in [3.05, 3.63) is 30.3 Å². The molecule has 25 heavy (non-hydrogen) atoms. The molecule has 0 spiro atoms. The Morgan fingerprint density at radius 2 is 1.88 bits per heavy atom. The molecule has 2 unspecified atom stereocenters. The first-order valence-electron chi connectivity index (χ1n) is 9.13. The number of carbonyl (C=O) groups is 2. The summed E-state index contributed by atoms with van der Waals surface area (Å²) in [7, 11) is 0. The number of nitrogens with zero attached hydrogens (tertiary/aromatic N) is 1. The summed E-state index contributed by atoms with van der Waals surface area (Å²) in [6.45, 7) is 2.49. The van der Waals surface area contributed by atoms with Crippen LogP contribution in [-0.4, -0.2) is 49.1 Å². The molecule has 2 aliphatic rings. The van der Waals surface area contributed by atoms with Crippen LogP contribution in [0.4, 0.5) is 5.69 Å². The molecule has 136 valence electrons. The third-order valence-corrected chi connectivity index (χ3v) is 5.20. The quantitative estimate of drug-likeness (QED) is 0.868. The molecule has 2 heterocycles. The van der Waals surface area contributed by atoms with Gasteiger partial charge in [0.05, 0.1) is 12.0 Å². The highest BCUT2D eigenvalue weighted by atomic mass is 16.5. The van der Waals surface area contributed by atoms with Crippen molar-refractivity contribution >= 4 is 17.5 Å². The van der Waals surface area contributed by atoms with Crippen LogP contribution in [0.15, 0.2) is 30.3 Å². The van der Waals surface area contributed by atoms with E-state index in [4.69, 9.17) is 10.5 Å². The van der Waals surface area contributed by atoms with Crippen molar-refractivity contribution in [3.8, 4) is 0 Å². The molecule has 2 aliphatic heterocycles. The van der Waals surface area contributed by atoms with Gasteiger partial charge in [-0.05, 0) is 43.7 Å². The number of rotatable bonds is 4. The Labute approximate surface area is 148 Å². The average molecular weight is 345 g/mol. The van der Waals surface area contributed by atoms with E-state index in [9.17, 15) is 9.59 Å². The molecule has 0 aliphatic carbocycles. The van der Waals surface area contributed by atoms with Gasteiger partial charge in [0.15, 0.2) is 0 Å². The minimum Gasteiger partial charge on any atom is -0.381 e. The first-order valence-corrected chi connectivity index (χ1v) is 9.13. The van der Waals surface area contributed by atoms with Gasteiger partial charge in [-0.25, -0.2) is 0 Å². The highest BCUT2D eigenvalue weighted by Crippen LogP contribution is 2.23. The Kier molecular flexibility index (Phi) is 6.04. The number of hydrogen-bond donors (Lipinski definition) is 2. The number of piperidine rings is 1. The zero-order valence-corrected chi connectivity index (χ0v) is 14.5. The molecule has 2 fully saturated rings. The SMILES string of the molecule is NC(C(=O)N1CCCC(C(=O)Nc2ccccc2)C1)C1CCOCC1. The molecular formula is C19H27N3O3. The molecule has 6 heteroatoms. The van der Waals surface area contributed by atoms with Crippen molar-refractivity contribution in [2.45, 2.75) is 31.7 Å². The zero-order valence-electron chi connectivity index (χ0n) is 14.5. The highest BCUT2D eigenvalue weighted by molar-refractivity contribution is 5.93. The Balaban J connectivity index is 1.56. The van der Waals surface area contributed by atoms with E-state index in [0.29, 0.717) is 26.3 Å².